The van der Waals surface area contributed by atoms with Crippen molar-refractivity contribution >= 4 is 28.3 Å². The lowest BCUT2D eigenvalue weighted by molar-refractivity contribution is -0.136. The zero-order chi connectivity index (χ0) is 11.5. The molecule has 92 valence electrons. The van der Waals surface area contributed by atoms with Crippen molar-refractivity contribution in [3.05, 3.63) is 28.5 Å². The monoisotopic (exact) mass is 318 g/mol. The Kier molecular flexibility index (Phi) is 6.28. The molecule has 0 unspecified atom stereocenters. The molecule has 0 spiro atoms. The molecule has 0 aliphatic heterocycles. The van der Waals surface area contributed by atoms with Crippen molar-refractivity contribution in [3.8, 4) is 0 Å². The van der Waals surface area contributed by atoms with Gasteiger partial charge < -0.3 is 5.73 Å². The summed E-state index contributed by atoms with van der Waals surface area (Å²) in [5.41, 5.74) is 6.23. The molecule has 0 aliphatic rings. The minimum Gasteiger partial charge on any atom is -0.324 e. The van der Waals surface area contributed by atoms with Crippen LogP contribution in [0.2, 0.25) is 0 Å². The fraction of sp³-hybridized carbons (Fsp3) is 0.444. The van der Waals surface area contributed by atoms with Gasteiger partial charge in [-0.3, -0.25) is 0 Å². The van der Waals surface area contributed by atoms with Crippen LogP contribution in [0.15, 0.2) is 22.9 Å². The lowest BCUT2D eigenvalue weighted by Crippen LogP contribution is -2.16. The average molecular weight is 320 g/mol. The van der Waals surface area contributed by atoms with Gasteiger partial charge in [-0.1, -0.05) is 6.07 Å². The van der Waals surface area contributed by atoms with E-state index >= 15 is 0 Å². The Morgan fingerprint density at radius 2 is 2.06 bits per heavy atom. The summed E-state index contributed by atoms with van der Waals surface area (Å²) in [6.45, 7) is 0. The van der Waals surface area contributed by atoms with Crippen molar-refractivity contribution in [1.29, 1.82) is 0 Å². The first-order valence-corrected chi connectivity index (χ1v) is 5.12. The summed E-state index contributed by atoms with van der Waals surface area (Å²) in [6, 6.07) is 2.67. The van der Waals surface area contributed by atoms with Gasteiger partial charge in [0.15, 0.2) is 0 Å². The van der Waals surface area contributed by atoms with Gasteiger partial charge in [0.2, 0.25) is 0 Å². The molecule has 0 aromatic carbocycles. The van der Waals surface area contributed by atoms with E-state index in [1.54, 1.807) is 18.3 Å². The van der Waals surface area contributed by atoms with Crippen LogP contribution in [0.1, 0.15) is 24.4 Å². The van der Waals surface area contributed by atoms with Crippen molar-refractivity contribution in [2.75, 3.05) is 0 Å². The molecule has 0 amide bonds. The van der Waals surface area contributed by atoms with E-state index in [0.717, 1.165) is 0 Å². The second-order valence-electron chi connectivity index (χ2n) is 3.14. The van der Waals surface area contributed by atoms with Crippen LogP contribution < -0.4 is 5.73 Å². The van der Waals surface area contributed by atoms with Crippen molar-refractivity contribution in [2.24, 2.45) is 5.73 Å². The molecule has 1 rings (SSSR count). The summed E-state index contributed by atoms with van der Waals surface area (Å²) in [4.78, 5) is 3.90. The van der Waals surface area contributed by atoms with Crippen LogP contribution in [0.3, 0.4) is 0 Å². The van der Waals surface area contributed by atoms with Crippen LogP contribution in [-0.4, -0.2) is 11.2 Å². The van der Waals surface area contributed by atoms with Crippen molar-refractivity contribution in [2.45, 2.75) is 25.1 Å². The molecule has 0 radical (unpaired) electrons. The Morgan fingerprint density at radius 3 is 2.56 bits per heavy atom. The van der Waals surface area contributed by atoms with Gasteiger partial charge in [-0.05, 0) is 28.4 Å². The first-order chi connectivity index (χ1) is 6.90. The summed E-state index contributed by atoms with van der Waals surface area (Å²) in [5.74, 6) is 0. The van der Waals surface area contributed by atoms with Crippen molar-refractivity contribution in [1.82, 2.24) is 4.98 Å². The maximum atomic E-state index is 11.9. The fourth-order valence-corrected chi connectivity index (χ4v) is 1.69. The van der Waals surface area contributed by atoms with E-state index in [1.807, 2.05) is 0 Å². The number of aromatic nitrogens is 1. The maximum Gasteiger partial charge on any atom is 0.389 e. The highest BCUT2D eigenvalue weighted by molar-refractivity contribution is 9.10. The zero-order valence-electron chi connectivity index (χ0n) is 8.17. The van der Waals surface area contributed by atoms with Crippen LogP contribution in [0.4, 0.5) is 13.2 Å². The third-order valence-electron chi connectivity index (χ3n) is 1.93. The quantitative estimate of drug-likeness (QED) is 0.865. The van der Waals surface area contributed by atoms with E-state index in [9.17, 15) is 13.2 Å². The Balaban J connectivity index is 0.00000225. The normalized spacial score (nSPS) is 13.1. The SMILES string of the molecule is Cl.N[C@H](CCC(F)(F)F)c1cccnc1Br. The fourth-order valence-electron chi connectivity index (χ4n) is 1.15. The van der Waals surface area contributed by atoms with Crippen LogP contribution in [0.5, 0.6) is 0 Å². The Hall–Kier alpha value is -0.330. The second kappa shape index (κ2) is 6.42. The van der Waals surface area contributed by atoms with Crippen LogP contribution in [0.25, 0.3) is 0 Å². The predicted octanol–water partition coefficient (Wildman–Crippen LogP) is 3.61. The average Bonchev–Trinajstić information content (AvgIpc) is 2.14. The van der Waals surface area contributed by atoms with Gasteiger partial charge in [-0.15, -0.1) is 12.4 Å². The summed E-state index contributed by atoms with van der Waals surface area (Å²) in [7, 11) is 0. The van der Waals surface area contributed by atoms with Gasteiger partial charge in [0, 0.05) is 24.2 Å². The van der Waals surface area contributed by atoms with Gasteiger partial charge in [0.05, 0.1) is 0 Å². The van der Waals surface area contributed by atoms with E-state index in [-0.39, 0.29) is 18.8 Å². The van der Waals surface area contributed by atoms with Gasteiger partial charge in [0.25, 0.3) is 0 Å². The van der Waals surface area contributed by atoms with Crippen LogP contribution in [0, 0.1) is 0 Å². The lowest BCUT2D eigenvalue weighted by Gasteiger charge is -2.14. The molecular weight excluding hydrogens is 308 g/mol. The molecule has 1 heterocycles. The van der Waals surface area contributed by atoms with E-state index in [0.29, 0.717) is 10.2 Å². The van der Waals surface area contributed by atoms with E-state index in [2.05, 4.69) is 20.9 Å². The molecule has 0 bridgehead atoms. The standard InChI is InChI=1S/C9H10BrF3N2.ClH/c10-8-6(2-1-5-15-8)7(14)3-4-9(11,12)13;/h1-2,5,7H,3-4,14H2;1H/t7-;/m1./s1. The topological polar surface area (TPSA) is 38.9 Å². The highest BCUT2D eigenvalue weighted by Crippen LogP contribution is 2.28. The van der Waals surface area contributed by atoms with Crippen molar-refractivity contribution in [3.63, 3.8) is 0 Å². The van der Waals surface area contributed by atoms with Crippen molar-refractivity contribution < 1.29 is 13.2 Å². The molecule has 16 heavy (non-hydrogen) atoms. The summed E-state index contributed by atoms with van der Waals surface area (Å²) < 4.78 is 36.3. The minimum atomic E-state index is -4.16. The molecule has 0 saturated carbocycles. The molecule has 1 aromatic rings. The number of halogens is 5. The smallest absolute Gasteiger partial charge is 0.324 e. The highest BCUT2D eigenvalue weighted by atomic mass is 79.9. The Bertz CT molecular complexity index is 333. The number of pyridine rings is 1. The number of nitrogens with two attached hydrogens (primary N) is 1. The molecular formula is C9H11BrClF3N2. The summed E-state index contributed by atoms with van der Waals surface area (Å²) in [6.07, 6.45) is -3.63. The number of alkyl halides is 3. The highest BCUT2D eigenvalue weighted by Gasteiger charge is 2.28. The molecule has 0 fully saturated rings. The molecule has 7 heteroatoms. The predicted molar refractivity (Wildman–Crippen MR) is 61.4 cm³/mol. The van der Waals surface area contributed by atoms with Crippen LogP contribution in [-0.2, 0) is 0 Å². The summed E-state index contributed by atoms with van der Waals surface area (Å²) in [5, 5.41) is 0. The van der Waals surface area contributed by atoms with E-state index in [4.69, 9.17) is 5.73 Å². The van der Waals surface area contributed by atoms with Gasteiger partial charge in [-0.2, -0.15) is 13.2 Å². The number of rotatable bonds is 3. The van der Waals surface area contributed by atoms with E-state index < -0.39 is 18.6 Å². The molecule has 1 aromatic heterocycles. The molecule has 0 aliphatic carbocycles. The van der Waals surface area contributed by atoms with Crippen LogP contribution >= 0.6 is 28.3 Å². The maximum absolute atomic E-state index is 11.9. The molecule has 0 saturated heterocycles. The minimum absolute atomic E-state index is 0. The first-order valence-electron chi connectivity index (χ1n) is 4.33. The Morgan fingerprint density at radius 1 is 1.44 bits per heavy atom. The number of hydrogen-bond donors (Lipinski definition) is 1. The van der Waals surface area contributed by atoms with Gasteiger partial charge in [-0.25, -0.2) is 4.98 Å². The van der Waals surface area contributed by atoms with E-state index in [1.165, 1.54) is 0 Å². The summed E-state index contributed by atoms with van der Waals surface area (Å²) >= 11 is 3.14. The second-order valence-corrected chi connectivity index (χ2v) is 3.89. The number of hydrogen-bond acceptors (Lipinski definition) is 2. The zero-order valence-corrected chi connectivity index (χ0v) is 10.6. The third kappa shape index (κ3) is 5.14. The Labute approximate surface area is 106 Å². The molecule has 2 N–H and O–H groups in total. The largest absolute Gasteiger partial charge is 0.389 e. The third-order valence-corrected chi connectivity index (χ3v) is 2.59. The molecule has 1 atom stereocenters. The number of nitrogens with zero attached hydrogens (tertiary/aromatic N) is 1. The lowest BCUT2D eigenvalue weighted by atomic mass is 10.1. The first kappa shape index (κ1) is 15.7. The molecule has 2 nitrogen and oxygen atoms in total. The van der Waals surface area contributed by atoms with Gasteiger partial charge >= 0.3 is 6.18 Å². The van der Waals surface area contributed by atoms with Gasteiger partial charge in [0.1, 0.15) is 4.60 Å².